The Morgan fingerprint density at radius 1 is 1.39 bits per heavy atom. The second-order valence-corrected chi connectivity index (χ2v) is 5.74. The predicted octanol–water partition coefficient (Wildman–Crippen LogP) is 2.96. The molecule has 0 aromatic carbocycles. The Morgan fingerprint density at radius 2 is 2.04 bits per heavy atom. The SMILES string of the molecule is CN=C(NCCC(=O)OC(C)C)NCc1cc(Cl)c(Cl)n1C.I. The molecule has 9 heteroatoms. The van der Waals surface area contributed by atoms with Crippen molar-refractivity contribution >= 4 is 59.1 Å². The zero-order valence-electron chi connectivity index (χ0n) is 13.7. The average Bonchev–Trinajstić information content (AvgIpc) is 2.69. The van der Waals surface area contributed by atoms with Crippen molar-refractivity contribution in [2.75, 3.05) is 13.6 Å². The van der Waals surface area contributed by atoms with Crippen LogP contribution >= 0.6 is 47.2 Å². The number of ether oxygens (including phenoxy) is 1. The molecule has 0 fully saturated rings. The number of carbonyl (C=O) groups excluding carboxylic acids is 1. The fourth-order valence-corrected chi connectivity index (χ4v) is 2.17. The van der Waals surface area contributed by atoms with E-state index >= 15 is 0 Å². The standard InChI is InChI=1S/C14H22Cl2N4O2.HI/c1-9(2)22-12(21)5-6-18-14(17-3)19-8-10-7-11(15)13(16)20(10)4;/h7,9H,5-6,8H2,1-4H3,(H2,17,18,19);1H. The molecule has 0 unspecified atom stereocenters. The summed E-state index contributed by atoms with van der Waals surface area (Å²) in [7, 11) is 3.50. The summed E-state index contributed by atoms with van der Waals surface area (Å²) in [6.45, 7) is 4.60. The van der Waals surface area contributed by atoms with Crippen molar-refractivity contribution in [1.29, 1.82) is 0 Å². The normalized spacial score (nSPS) is 11.2. The van der Waals surface area contributed by atoms with Gasteiger partial charge in [-0.25, -0.2) is 0 Å². The molecule has 2 N–H and O–H groups in total. The number of guanidine groups is 1. The molecule has 0 bridgehead atoms. The number of carbonyl (C=O) groups is 1. The molecule has 0 aliphatic carbocycles. The number of nitrogens with one attached hydrogen (secondary N) is 2. The zero-order valence-corrected chi connectivity index (χ0v) is 17.5. The highest BCUT2D eigenvalue weighted by Gasteiger charge is 2.10. The minimum absolute atomic E-state index is 0. The first kappa shape index (κ1) is 22.3. The van der Waals surface area contributed by atoms with Gasteiger partial charge in [0, 0.05) is 26.3 Å². The Hall–Kier alpha value is -0.670. The lowest BCUT2D eigenvalue weighted by Gasteiger charge is -2.13. The minimum atomic E-state index is -0.237. The van der Waals surface area contributed by atoms with Crippen LogP contribution < -0.4 is 10.6 Å². The first-order chi connectivity index (χ1) is 10.3. The fourth-order valence-electron chi connectivity index (χ4n) is 1.76. The molecule has 0 atom stereocenters. The predicted molar refractivity (Wildman–Crippen MR) is 105 cm³/mol. The minimum Gasteiger partial charge on any atom is -0.463 e. The molecule has 132 valence electrons. The van der Waals surface area contributed by atoms with Crippen molar-refractivity contribution in [3.63, 3.8) is 0 Å². The largest absolute Gasteiger partial charge is 0.463 e. The van der Waals surface area contributed by atoms with Crippen molar-refractivity contribution in [2.45, 2.75) is 32.9 Å². The summed E-state index contributed by atoms with van der Waals surface area (Å²) in [5.74, 6) is 0.352. The summed E-state index contributed by atoms with van der Waals surface area (Å²) in [6, 6.07) is 1.80. The lowest BCUT2D eigenvalue weighted by Crippen LogP contribution is -2.38. The fraction of sp³-hybridized carbons (Fsp3) is 0.571. The molecule has 1 aromatic heterocycles. The molecule has 1 aromatic rings. The maximum Gasteiger partial charge on any atom is 0.307 e. The summed E-state index contributed by atoms with van der Waals surface area (Å²) in [4.78, 5) is 15.5. The Bertz CT molecular complexity index is 547. The van der Waals surface area contributed by atoms with Crippen LogP contribution in [0, 0.1) is 0 Å². The first-order valence-electron chi connectivity index (χ1n) is 6.98. The van der Waals surface area contributed by atoms with Gasteiger partial charge in [0.05, 0.1) is 24.1 Å². The molecule has 6 nitrogen and oxygen atoms in total. The lowest BCUT2D eigenvalue weighted by molar-refractivity contribution is -0.147. The van der Waals surface area contributed by atoms with Gasteiger partial charge in [0.25, 0.3) is 0 Å². The van der Waals surface area contributed by atoms with E-state index in [1.165, 1.54) is 0 Å². The third kappa shape index (κ3) is 7.63. The number of nitrogens with zero attached hydrogens (tertiary/aromatic N) is 2. The summed E-state index contributed by atoms with van der Waals surface area (Å²) >= 11 is 12.0. The molecular formula is C14H23Cl2IN4O2. The van der Waals surface area contributed by atoms with Gasteiger partial charge < -0.3 is 19.9 Å². The summed E-state index contributed by atoms with van der Waals surface area (Å²) < 4.78 is 6.85. The van der Waals surface area contributed by atoms with E-state index in [-0.39, 0.29) is 42.5 Å². The maximum absolute atomic E-state index is 11.4. The summed E-state index contributed by atoms with van der Waals surface area (Å²) in [5, 5.41) is 7.19. The average molecular weight is 477 g/mol. The van der Waals surface area contributed by atoms with E-state index in [9.17, 15) is 4.79 Å². The van der Waals surface area contributed by atoms with E-state index in [2.05, 4.69) is 15.6 Å². The smallest absolute Gasteiger partial charge is 0.307 e. The maximum atomic E-state index is 11.4. The molecule has 0 spiro atoms. The van der Waals surface area contributed by atoms with Gasteiger partial charge in [-0.15, -0.1) is 24.0 Å². The Kier molecular flexibility index (Phi) is 10.7. The topological polar surface area (TPSA) is 67.7 Å². The van der Waals surface area contributed by atoms with Gasteiger partial charge in [-0.3, -0.25) is 9.79 Å². The number of esters is 1. The molecule has 1 rings (SSSR count). The Balaban J connectivity index is 0.00000484. The van der Waals surface area contributed by atoms with Crippen LogP contribution in [0.4, 0.5) is 0 Å². The highest BCUT2D eigenvalue weighted by molar-refractivity contribution is 14.0. The van der Waals surface area contributed by atoms with Gasteiger partial charge in [-0.1, -0.05) is 23.2 Å². The molecule has 0 saturated heterocycles. The number of hydrogen-bond donors (Lipinski definition) is 2. The van der Waals surface area contributed by atoms with Crippen LogP contribution in [0.1, 0.15) is 26.0 Å². The first-order valence-corrected chi connectivity index (χ1v) is 7.74. The third-order valence-electron chi connectivity index (χ3n) is 2.86. The highest BCUT2D eigenvalue weighted by Crippen LogP contribution is 2.24. The summed E-state index contributed by atoms with van der Waals surface area (Å²) in [5.41, 5.74) is 0.928. The van der Waals surface area contributed by atoms with Crippen LogP contribution in [0.15, 0.2) is 11.1 Å². The van der Waals surface area contributed by atoms with E-state index in [4.69, 9.17) is 27.9 Å². The van der Waals surface area contributed by atoms with Gasteiger partial charge in [0.15, 0.2) is 5.96 Å². The van der Waals surface area contributed by atoms with Crippen LogP contribution in [0.2, 0.25) is 10.2 Å². The van der Waals surface area contributed by atoms with Crippen molar-refractivity contribution in [3.05, 3.63) is 21.9 Å². The molecule has 1 heterocycles. The van der Waals surface area contributed by atoms with E-state index in [1.54, 1.807) is 17.7 Å². The molecule has 0 aliphatic heterocycles. The van der Waals surface area contributed by atoms with Gasteiger partial charge in [-0.05, 0) is 19.9 Å². The van der Waals surface area contributed by atoms with E-state index in [1.807, 2.05) is 20.9 Å². The monoisotopic (exact) mass is 476 g/mol. The molecule has 0 aliphatic rings. The second-order valence-electron chi connectivity index (χ2n) is 4.97. The van der Waals surface area contributed by atoms with Crippen molar-refractivity contribution in [2.24, 2.45) is 12.0 Å². The number of halogens is 3. The van der Waals surface area contributed by atoms with E-state index in [0.29, 0.717) is 29.2 Å². The number of aromatic nitrogens is 1. The number of rotatable bonds is 6. The summed E-state index contributed by atoms with van der Waals surface area (Å²) in [6.07, 6.45) is 0.178. The Labute approximate surface area is 164 Å². The van der Waals surface area contributed by atoms with E-state index in [0.717, 1.165) is 5.69 Å². The van der Waals surface area contributed by atoms with Crippen molar-refractivity contribution < 1.29 is 9.53 Å². The van der Waals surface area contributed by atoms with Gasteiger partial charge in [0.2, 0.25) is 0 Å². The quantitative estimate of drug-likeness (QED) is 0.286. The Morgan fingerprint density at radius 3 is 2.52 bits per heavy atom. The van der Waals surface area contributed by atoms with Gasteiger partial charge in [-0.2, -0.15) is 0 Å². The third-order valence-corrected chi connectivity index (χ3v) is 3.71. The second kappa shape index (κ2) is 11.0. The van der Waals surface area contributed by atoms with Crippen LogP contribution in [-0.2, 0) is 23.1 Å². The zero-order chi connectivity index (χ0) is 16.7. The molecule has 0 amide bonds. The van der Waals surface area contributed by atoms with Crippen LogP contribution in [0.3, 0.4) is 0 Å². The highest BCUT2D eigenvalue weighted by atomic mass is 127. The molecular weight excluding hydrogens is 454 g/mol. The molecule has 23 heavy (non-hydrogen) atoms. The number of hydrogen-bond acceptors (Lipinski definition) is 3. The van der Waals surface area contributed by atoms with Crippen molar-refractivity contribution in [3.8, 4) is 0 Å². The van der Waals surface area contributed by atoms with Crippen LogP contribution in [-0.4, -0.2) is 36.2 Å². The van der Waals surface area contributed by atoms with Crippen LogP contribution in [0.5, 0.6) is 0 Å². The van der Waals surface area contributed by atoms with Crippen molar-refractivity contribution in [1.82, 2.24) is 15.2 Å². The van der Waals surface area contributed by atoms with Gasteiger partial charge >= 0.3 is 5.97 Å². The number of aliphatic imine (C=N–C) groups is 1. The molecule has 0 radical (unpaired) electrons. The lowest BCUT2D eigenvalue weighted by atomic mass is 10.4. The van der Waals surface area contributed by atoms with Crippen LogP contribution in [0.25, 0.3) is 0 Å². The van der Waals surface area contributed by atoms with E-state index < -0.39 is 0 Å². The van der Waals surface area contributed by atoms with Gasteiger partial charge in [0.1, 0.15) is 5.15 Å². The molecule has 0 saturated carbocycles.